The van der Waals surface area contributed by atoms with Crippen LogP contribution in [0.3, 0.4) is 0 Å². The maximum atomic E-state index is 3.75. The largest absolute Gasteiger partial charge is 0.312 e. The van der Waals surface area contributed by atoms with Crippen molar-refractivity contribution in [3.8, 4) is 0 Å². The normalized spacial score (nSPS) is 24.9. The standard InChI is InChI=1S/C19H32N2/c1-14-7-8-15(2)17(11-14)12-21-13-18(19(4,5)6)20-10-9-16(21)3/h7-8,11,16,18,20H,9-10,12-13H2,1-6H3. The summed E-state index contributed by atoms with van der Waals surface area (Å²) in [5.74, 6) is 0. The maximum absolute atomic E-state index is 3.75. The minimum absolute atomic E-state index is 0.309. The van der Waals surface area contributed by atoms with E-state index in [1.807, 2.05) is 0 Å². The van der Waals surface area contributed by atoms with Gasteiger partial charge in [0.1, 0.15) is 0 Å². The van der Waals surface area contributed by atoms with E-state index < -0.39 is 0 Å². The third-order valence-corrected chi connectivity index (χ3v) is 4.92. The van der Waals surface area contributed by atoms with Gasteiger partial charge in [-0.05, 0) is 50.3 Å². The molecule has 21 heavy (non-hydrogen) atoms. The third-order valence-electron chi connectivity index (χ3n) is 4.92. The monoisotopic (exact) mass is 288 g/mol. The Labute approximate surface area is 130 Å². The van der Waals surface area contributed by atoms with E-state index in [2.05, 4.69) is 70.0 Å². The fraction of sp³-hybridized carbons (Fsp3) is 0.684. The summed E-state index contributed by atoms with van der Waals surface area (Å²) < 4.78 is 0. The highest BCUT2D eigenvalue weighted by atomic mass is 15.2. The Morgan fingerprint density at radius 2 is 1.95 bits per heavy atom. The average Bonchev–Trinajstić information content (AvgIpc) is 2.56. The van der Waals surface area contributed by atoms with Gasteiger partial charge in [-0.15, -0.1) is 0 Å². The van der Waals surface area contributed by atoms with Crippen LogP contribution in [0.2, 0.25) is 0 Å². The molecule has 1 aliphatic heterocycles. The molecule has 1 aliphatic rings. The zero-order chi connectivity index (χ0) is 15.6. The molecule has 2 heteroatoms. The molecule has 0 spiro atoms. The smallest absolute Gasteiger partial charge is 0.0243 e. The summed E-state index contributed by atoms with van der Waals surface area (Å²) in [5, 5.41) is 3.75. The van der Waals surface area contributed by atoms with E-state index in [-0.39, 0.29) is 0 Å². The molecule has 0 aromatic heterocycles. The first-order valence-electron chi connectivity index (χ1n) is 8.31. The van der Waals surface area contributed by atoms with Gasteiger partial charge in [0.2, 0.25) is 0 Å². The third kappa shape index (κ3) is 4.31. The van der Waals surface area contributed by atoms with Crippen molar-refractivity contribution in [1.29, 1.82) is 0 Å². The van der Waals surface area contributed by atoms with Gasteiger partial charge in [-0.25, -0.2) is 0 Å². The molecule has 1 N–H and O–H groups in total. The van der Waals surface area contributed by atoms with Crippen molar-refractivity contribution >= 4 is 0 Å². The zero-order valence-corrected chi connectivity index (χ0v) is 14.7. The highest BCUT2D eigenvalue weighted by molar-refractivity contribution is 5.30. The Hall–Kier alpha value is -0.860. The molecule has 1 fully saturated rings. The summed E-state index contributed by atoms with van der Waals surface area (Å²) in [5.41, 5.74) is 4.57. The Morgan fingerprint density at radius 3 is 2.62 bits per heavy atom. The van der Waals surface area contributed by atoms with Gasteiger partial charge in [-0.1, -0.05) is 44.5 Å². The van der Waals surface area contributed by atoms with Crippen LogP contribution >= 0.6 is 0 Å². The van der Waals surface area contributed by atoms with E-state index in [0.29, 0.717) is 17.5 Å². The predicted molar refractivity (Wildman–Crippen MR) is 91.7 cm³/mol. The fourth-order valence-electron chi connectivity index (χ4n) is 3.12. The minimum Gasteiger partial charge on any atom is -0.312 e. The van der Waals surface area contributed by atoms with Gasteiger partial charge in [0.15, 0.2) is 0 Å². The van der Waals surface area contributed by atoms with Crippen LogP contribution in [0, 0.1) is 19.3 Å². The van der Waals surface area contributed by atoms with E-state index in [1.54, 1.807) is 0 Å². The van der Waals surface area contributed by atoms with Crippen LogP contribution in [0.15, 0.2) is 18.2 Å². The molecule has 0 amide bonds. The first-order valence-corrected chi connectivity index (χ1v) is 8.31. The molecule has 0 radical (unpaired) electrons. The Balaban J connectivity index is 2.17. The number of aryl methyl sites for hydroxylation is 2. The molecule has 1 aromatic carbocycles. The van der Waals surface area contributed by atoms with Crippen molar-refractivity contribution in [3.05, 3.63) is 34.9 Å². The zero-order valence-electron chi connectivity index (χ0n) is 14.7. The Bertz CT molecular complexity index is 473. The molecular formula is C19H32N2. The summed E-state index contributed by atoms with van der Waals surface area (Å²) in [6.45, 7) is 17.2. The summed E-state index contributed by atoms with van der Waals surface area (Å²) in [7, 11) is 0. The van der Waals surface area contributed by atoms with Crippen LogP contribution in [-0.2, 0) is 6.54 Å². The molecule has 1 aromatic rings. The number of rotatable bonds is 2. The summed E-state index contributed by atoms with van der Waals surface area (Å²) >= 11 is 0. The second-order valence-corrected chi connectivity index (χ2v) is 7.87. The van der Waals surface area contributed by atoms with Gasteiger partial charge in [0, 0.05) is 25.2 Å². The molecule has 1 heterocycles. The summed E-state index contributed by atoms with van der Waals surface area (Å²) in [6.07, 6.45) is 1.23. The Morgan fingerprint density at radius 1 is 1.24 bits per heavy atom. The first kappa shape index (κ1) is 16.5. The van der Waals surface area contributed by atoms with Gasteiger partial charge in [-0.3, -0.25) is 4.90 Å². The lowest BCUT2D eigenvalue weighted by atomic mass is 9.86. The van der Waals surface area contributed by atoms with E-state index in [9.17, 15) is 0 Å². The molecule has 2 unspecified atom stereocenters. The first-order chi connectivity index (χ1) is 9.77. The molecule has 0 saturated carbocycles. The quantitative estimate of drug-likeness (QED) is 0.888. The molecule has 0 aliphatic carbocycles. The van der Waals surface area contributed by atoms with Gasteiger partial charge in [0.25, 0.3) is 0 Å². The van der Waals surface area contributed by atoms with E-state index in [0.717, 1.165) is 19.6 Å². The summed E-state index contributed by atoms with van der Waals surface area (Å²) in [4.78, 5) is 2.66. The van der Waals surface area contributed by atoms with Gasteiger partial charge < -0.3 is 5.32 Å². The van der Waals surface area contributed by atoms with Crippen LogP contribution in [0.4, 0.5) is 0 Å². The van der Waals surface area contributed by atoms with Crippen molar-refractivity contribution < 1.29 is 0 Å². The number of nitrogens with one attached hydrogen (secondary N) is 1. The number of hydrogen-bond donors (Lipinski definition) is 1. The number of hydrogen-bond acceptors (Lipinski definition) is 2. The fourth-order valence-corrected chi connectivity index (χ4v) is 3.12. The van der Waals surface area contributed by atoms with Crippen LogP contribution in [0.5, 0.6) is 0 Å². The van der Waals surface area contributed by atoms with E-state index in [1.165, 1.54) is 23.1 Å². The average molecular weight is 288 g/mol. The second-order valence-electron chi connectivity index (χ2n) is 7.87. The number of nitrogens with zero attached hydrogens (tertiary/aromatic N) is 1. The SMILES string of the molecule is Cc1ccc(C)c(CN2CC(C(C)(C)C)NCCC2C)c1. The molecular weight excluding hydrogens is 256 g/mol. The van der Waals surface area contributed by atoms with Crippen molar-refractivity contribution in [3.63, 3.8) is 0 Å². The highest BCUT2D eigenvalue weighted by Crippen LogP contribution is 2.25. The van der Waals surface area contributed by atoms with Crippen molar-refractivity contribution in [2.45, 2.75) is 66.6 Å². The second kappa shape index (κ2) is 6.50. The molecule has 2 rings (SSSR count). The van der Waals surface area contributed by atoms with Gasteiger partial charge >= 0.3 is 0 Å². The maximum Gasteiger partial charge on any atom is 0.0243 e. The Kier molecular flexibility index (Phi) is 5.11. The lowest BCUT2D eigenvalue weighted by Crippen LogP contribution is -2.47. The van der Waals surface area contributed by atoms with Crippen molar-refractivity contribution in [2.24, 2.45) is 5.41 Å². The topological polar surface area (TPSA) is 15.3 Å². The van der Waals surface area contributed by atoms with Gasteiger partial charge in [-0.2, -0.15) is 0 Å². The van der Waals surface area contributed by atoms with Crippen molar-refractivity contribution in [2.75, 3.05) is 13.1 Å². The molecule has 0 bridgehead atoms. The van der Waals surface area contributed by atoms with Crippen LogP contribution in [-0.4, -0.2) is 30.1 Å². The van der Waals surface area contributed by atoms with E-state index in [4.69, 9.17) is 0 Å². The molecule has 118 valence electrons. The number of benzene rings is 1. The predicted octanol–water partition coefficient (Wildman–Crippen LogP) is 3.90. The van der Waals surface area contributed by atoms with Crippen LogP contribution in [0.25, 0.3) is 0 Å². The van der Waals surface area contributed by atoms with E-state index >= 15 is 0 Å². The molecule has 1 saturated heterocycles. The van der Waals surface area contributed by atoms with Crippen molar-refractivity contribution in [1.82, 2.24) is 10.2 Å². The van der Waals surface area contributed by atoms with Crippen LogP contribution < -0.4 is 5.32 Å². The lowest BCUT2D eigenvalue weighted by Gasteiger charge is -2.35. The molecule has 2 nitrogen and oxygen atoms in total. The van der Waals surface area contributed by atoms with Gasteiger partial charge in [0.05, 0.1) is 0 Å². The highest BCUT2D eigenvalue weighted by Gasteiger charge is 2.30. The van der Waals surface area contributed by atoms with Crippen LogP contribution in [0.1, 0.15) is 50.8 Å². The summed E-state index contributed by atoms with van der Waals surface area (Å²) in [6, 6.07) is 8.03. The minimum atomic E-state index is 0.309. The molecule has 2 atom stereocenters. The lowest BCUT2D eigenvalue weighted by molar-refractivity contribution is 0.157.